The van der Waals surface area contributed by atoms with Crippen molar-refractivity contribution in [3.05, 3.63) is 64.7 Å². The number of carbonyl (C=O) groups is 1. The Morgan fingerprint density at radius 3 is 2.39 bits per heavy atom. The van der Waals surface area contributed by atoms with Gasteiger partial charge in [0.15, 0.2) is 0 Å². The van der Waals surface area contributed by atoms with E-state index >= 15 is 0 Å². The molecule has 2 aromatic carbocycles. The number of carbonyl (C=O) groups excluding carboxylic acids is 1. The zero-order valence-electron chi connectivity index (χ0n) is 16.8. The molecule has 0 atom stereocenters. The maximum Gasteiger partial charge on any atom is 0.416 e. The second-order valence-electron chi connectivity index (χ2n) is 6.80. The second-order valence-corrected chi connectivity index (χ2v) is 9.12. The van der Waals surface area contributed by atoms with Gasteiger partial charge in [0.05, 0.1) is 22.5 Å². The van der Waals surface area contributed by atoms with Crippen LogP contribution in [0.5, 0.6) is 0 Å². The Kier molecular flexibility index (Phi) is 8.08. The third-order valence-electron chi connectivity index (χ3n) is 4.22. The quantitative estimate of drug-likeness (QED) is 0.458. The Morgan fingerprint density at radius 2 is 1.81 bits per heavy atom. The fourth-order valence-corrected chi connectivity index (χ4v) is 3.74. The van der Waals surface area contributed by atoms with E-state index in [0.29, 0.717) is 28.9 Å². The van der Waals surface area contributed by atoms with Crippen LogP contribution in [0.3, 0.4) is 0 Å². The molecule has 0 spiro atoms. The minimum Gasteiger partial charge on any atom is -0.271 e. The van der Waals surface area contributed by atoms with E-state index in [2.05, 4.69) is 10.5 Å². The van der Waals surface area contributed by atoms with Gasteiger partial charge >= 0.3 is 6.18 Å². The lowest BCUT2D eigenvalue weighted by atomic mass is 10.1. The van der Waals surface area contributed by atoms with Crippen molar-refractivity contribution in [1.29, 1.82) is 0 Å². The van der Waals surface area contributed by atoms with E-state index in [-0.39, 0.29) is 5.02 Å². The van der Waals surface area contributed by atoms with Crippen molar-refractivity contribution in [3.63, 3.8) is 0 Å². The van der Waals surface area contributed by atoms with E-state index in [9.17, 15) is 26.4 Å². The lowest BCUT2D eigenvalue weighted by Crippen LogP contribution is -2.39. The monoisotopic (exact) mass is 475 g/mol. The Balaban J connectivity index is 2.12. The molecule has 0 aliphatic heterocycles. The van der Waals surface area contributed by atoms with Gasteiger partial charge in [0.25, 0.3) is 5.91 Å². The van der Waals surface area contributed by atoms with Crippen molar-refractivity contribution in [2.75, 3.05) is 17.1 Å². The highest BCUT2D eigenvalue weighted by Crippen LogP contribution is 2.36. The number of rotatable bonds is 8. The van der Waals surface area contributed by atoms with Crippen molar-refractivity contribution in [3.8, 4) is 0 Å². The van der Waals surface area contributed by atoms with Gasteiger partial charge in [-0.3, -0.25) is 9.10 Å². The molecular weight excluding hydrogens is 455 g/mol. The van der Waals surface area contributed by atoms with Crippen LogP contribution >= 0.6 is 11.6 Å². The van der Waals surface area contributed by atoms with Crippen LogP contribution in [-0.2, 0) is 27.4 Å². The average molecular weight is 476 g/mol. The van der Waals surface area contributed by atoms with Crippen molar-refractivity contribution in [1.82, 2.24) is 5.43 Å². The van der Waals surface area contributed by atoms with Gasteiger partial charge < -0.3 is 0 Å². The molecule has 1 amide bonds. The van der Waals surface area contributed by atoms with Crippen molar-refractivity contribution in [2.24, 2.45) is 5.10 Å². The van der Waals surface area contributed by atoms with Gasteiger partial charge in [-0.2, -0.15) is 18.3 Å². The zero-order chi connectivity index (χ0) is 23.2. The topological polar surface area (TPSA) is 78.8 Å². The highest BCUT2D eigenvalue weighted by molar-refractivity contribution is 7.92. The Morgan fingerprint density at radius 1 is 1.16 bits per heavy atom. The molecule has 0 bridgehead atoms. The molecule has 1 N–H and O–H groups in total. The minimum atomic E-state index is -4.70. The van der Waals surface area contributed by atoms with Gasteiger partial charge in [-0.15, -0.1) is 0 Å². The molecule has 31 heavy (non-hydrogen) atoms. The van der Waals surface area contributed by atoms with Crippen molar-refractivity contribution in [2.45, 2.75) is 25.9 Å². The first-order chi connectivity index (χ1) is 14.4. The van der Waals surface area contributed by atoms with E-state index < -0.39 is 39.9 Å². The molecule has 0 radical (unpaired) electrons. The highest BCUT2D eigenvalue weighted by Gasteiger charge is 2.33. The maximum atomic E-state index is 13.0. The predicted octanol–water partition coefficient (Wildman–Crippen LogP) is 4.25. The number of hydrogen-bond donors (Lipinski definition) is 1. The first-order valence-electron chi connectivity index (χ1n) is 9.08. The summed E-state index contributed by atoms with van der Waals surface area (Å²) in [5.41, 5.74) is 2.39. The van der Waals surface area contributed by atoms with Gasteiger partial charge in [-0.25, -0.2) is 13.8 Å². The summed E-state index contributed by atoms with van der Waals surface area (Å²) in [6.07, 6.45) is -2.68. The van der Waals surface area contributed by atoms with Crippen LogP contribution < -0.4 is 9.73 Å². The van der Waals surface area contributed by atoms with E-state index in [0.717, 1.165) is 24.0 Å². The molecule has 2 aromatic rings. The summed E-state index contributed by atoms with van der Waals surface area (Å²) in [5, 5.41) is 3.69. The third-order valence-corrected chi connectivity index (χ3v) is 5.67. The molecule has 0 saturated carbocycles. The van der Waals surface area contributed by atoms with Crippen LogP contribution in [-0.4, -0.2) is 32.8 Å². The Hall–Kier alpha value is -2.59. The first kappa shape index (κ1) is 24.7. The number of sulfonamides is 1. The highest BCUT2D eigenvalue weighted by atomic mass is 35.5. The molecule has 0 aliphatic carbocycles. The lowest BCUT2D eigenvalue weighted by molar-refractivity contribution is -0.137. The largest absolute Gasteiger partial charge is 0.416 e. The number of alkyl halides is 3. The maximum absolute atomic E-state index is 13.0. The molecule has 0 heterocycles. The molecule has 168 valence electrons. The van der Waals surface area contributed by atoms with E-state index in [1.807, 2.05) is 30.3 Å². The van der Waals surface area contributed by atoms with Gasteiger partial charge in [-0.1, -0.05) is 41.9 Å². The van der Waals surface area contributed by atoms with Crippen LogP contribution in [0, 0.1) is 0 Å². The summed E-state index contributed by atoms with van der Waals surface area (Å²) in [6, 6.07) is 11.9. The molecule has 11 heteroatoms. The molecule has 0 fully saturated rings. The zero-order valence-corrected chi connectivity index (χ0v) is 18.4. The van der Waals surface area contributed by atoms with Crippen LogP contribution in [0.25, 0.3) is 0 Å². The molecule has 0 saturated heterocycles. The predicted molar refractivity (Wildman–Crippen MR) is 115 cm³/mol. The number of halogens is 4. The normalized spacial score (nSPS) is 12.5. The van der Waals surface area contributed by atoms with Gasteiger partial charge in [0.2, 0.25) is 10.0 Å². The third kappa shape index (κ3) is 7.55. The summed E-state index contributed by atoms with van der Waals surface area (Å²) in [6.45, 7) is 0.913. The standard InChI is InChI=1S/C20H21ClF3N3O3S/c1-14(8-9-15-6-4-3-5-7-15)25-26-19(28)13-27(31(2,29)30)18-12-16(20(22,23)24)10-11-17(18)21/h3-7,10-12H,8-9,13H2,1-2H3,(H,26,28)/b25-14-. The summed E-state index contributed by atoms with van der Waals surface area (Å²) in [4.78, 5) is 12.3. The van der Waals surface area contributed by atoms with Crippen molar-refractivity contribution < 1.29 is 26.4 Å². The number of benzene rings is 2. The van der Waals surface area contributed by atoms with Crippen LogP contribution in [0.2, 0.25) is 5.02 Å². The number of hydrogen-bond acceptors (Lipinski definition) is 4. The molecule has 6 nitrogen and oxygen atoms in total. The fraction of sp³-hybridized carbons (Fsp3) is 0.300. The first-order valence-corrected chi connectivity index (χ1v) is 11.3. The number of nitrogens with zero attached hydrogens (tertiary/aromatic N) is 2. The lowest BCUT2D eigenvalue weighted by Gasteiger charge is -2.23. The molecular formula is C20H21ClF3N3O3S. The number of nitrogens with one attached hydrogen (secondary N) is 1. The average Bonchev–Trinajstić information content (AvgIpc) is 2.68. The van der Waals surface area contributed by atoms with Gasteiger partial charge in [0.1, 0.15) is 6.54 Å². The Bertz CT molecular complexity index is 1060. The summed E-state index contributed by atoms with van der Waals surface area (Å²) in [5.74, 6) is -0.821. The number of hydrazone groups is 1. The number of amides is 1. The SMILES string of the molecule is C/C(CCc1ccccc1)=N/NC(=O)CN(c1cc(C(F)(F)F)ccc1Cl)S(C)(=O)=O. The molecule has 2 rings (SSSR count). The van der Waals surface area contributed by atoms with E-state index in [1.54, 1.807) is 6.92 Å². The summed E-state index contributed by atoms with van der Waals surface area (Å²) < 4.78 is 63.9. The van der Waals surface area contributed by atoms with Crippen molar-refractivity contribution >= 4 is 38.9 Å². The molecule has 0 aromatic heterocycles. The van der Waals surface area contributed by atoms with Crippen LogP contribution in [0.1, 0.15) is 24.5 Å². The van der Waals surface area contributed by atoms with E-state index in [4.69, 9.17) is 11.6 Å². The van der Waals surface area contributed by atoms with Gasteiger partial charge in [0, 0.05) is 5.71 Å². The number of anilines is 1. The van der Waals surface area contributed by atoms with E-state index in [1.165, 1.54) is 0 Å². The molecule has 0 aliphatic rings. The number of aryl methyl sites for hydroxylation is 1. The second kappa shape index (κ2) is 10.1. The van der Waals surface area contributed by atoms with Gasteiger partial charge in [-0.05, 0) is 43.5 Å². The fourth-order valence-electron chi connectivity index (χ4n) is 2.61. The smallest absolute Gasteiger partial charge is 0.271 e. The summed E-state index contributed by atoms with van der Waals surface area (Å²) >= 11 is 5.92. The Labute approximate surface area is 183 Å². The minimum absolute atomic E-state index is 0.242. The van der Waals surface area contributed by atoms with Crippen LogP contribution in [0.4, 0.5) is 18.9 Å². The molecule has 0 unspecified atom stereocenters. The van der Waals surface area contributed by atoms with Crippen LogP contribution in [0.15, 0.2) is 53.6 Å². The summed E-state index contributed by atoms with van der Waals surface area (Å²) in [7, 11) is -4.11.